The van der Waals surface area contributed by atoms with Gasteiger partial charge in [0.2, 0.25) is 0 Å². The molecule has 0 spiro atoms. The minimum Gasteiger partial charge on any atom is -0.463 e. The van der Waals surface area contributed by atoms with E-state index in [2.05, 4.69) is 6.92 Å². The maximum atomic E-state index is 11.8. The van der Waals surface area contributed by atoms with E-state index in [1.807, 2.05) is 13.8 Å². The van der Waals surface area contributed by atoms with E-state index in [-0.39, 0.29) is 37.0 Å². The van der Waals surface area contributed by atoms with Gasteiger partial charge >= 0.3 is 11.9 Å². The van der Waals surface area contributed by atoms with Crippen molar-refractivity contribution in [1.29, 1.82) is 0 Å². The van der Waals surface area contributed by atoms with Gasteiger partial charge in [-0.25, -0.2) is 0 Å². The van der Waals surface area contributed by atoms with Crippen molar-refractivity contribution < 1.29 is 19.1 Å². The molecule has 1 saturated carbocycles. The standard InChI is InChI=1S/C18H32O4/c1-4-5-6-9-14(2)21-17(19)12-13-18(20)22-15(3)16-10-7-8-11-16/h14-16H,4-13H2,1-3H3. The van der Waals surface area contributed by atoms with E-state index in [0.29, 0.717) is 5.92 Å². The topological polar surface area (TPSA) is 52.6 Å². The molecule has 1 rings (SSSR count). The molecule has 4 heteroatoms. The van der Waals surface area contributed by atoms with Crippen LogP contribution in [0, 0.1) is 5.92 Å². The number of esters is 2. The average molecular weight is 312 g/mol. The van der Waals surface area contributed by atoms with E-state index in [9.17, 15) is 9.59 Å². The van der Waals surface area contributed by atoms with E-state index in [0.717, 1.165) is 38.5 Å². The van der Waals surface area contributed by atoms with Gasteiger partial charge in [-0.2, -0.15) is 0 Å². The minimum absolute atomic E-state index is 0.0287. The molecule has 1 aliphatic rings. The monoisotopic (exact) mass is 312 g/mol. The molecule has 2 unspecified atom stereocenters. The van der Waals surface area contributed by atoms with E-state index >= 15 is 0 Å². The van der Waals surface area contributed by atoms with Gasteiger partial charge in [0, 0.05) is 0 Å². The molecule has 4 nitrogen and oxygen atoms in total. The van der Waals surface area contributed by atoms with Gasteiger partial charge in [-0.05, 0) is 45.4 Å². The molecule has 0 aliphatic heterocycles. The molecule has 0 amide bonds. The Hall–Kier alpha value is -1.06. The summed E-state index contributed by atoms with van der Waals surface area (Å²) in [7, 11) is 0. The van der Waals surface area contributed by atoms with E-state index < -0.39 is 0 Å². The Morgan fingerprint density at radius 1 is 1.00 bits per heavy atom. The van der Waals surface area contributed by atoms with Gasteiger partial charge in [0.1, 0.15) is 6.10 Å². The minimum atomic E-state index is -0.297. The van der Waals surface area contributed by atoms with Crippen molar-refractivity contribution in [3.05, 3.63) is 0 Å². The lowest BCUT2D eigenvalue weighted by molar-refractivity contribution is -0.156. The highest BCUT2D eigenvalue weighted by molar-refractivity contribution is 5.77. The van der Waals surface area contributed by atoms with Gasteiger partial charge in [-0.1, -0.05) is 32.6 Å². The van der Waals surface area contributed by atoms with Crippen LogP contribution >= 0.6 is 0 Å². The van der Waals surface area contributed by atoms with Crippen molar-refractivity contribution in [3.8, 4) is 0 Å². The molecule has 22 heavy (non-hydrogen) atoms. The predicted molar refractivity (Wildman–Crippen MR) is 86.4 cm³/mol. The van der Waals surface area contributed by atoms with E-state index in [4.69, 9.17) is 9.47 Å². The summed E-state index contributed by atoms with van der Waals surface area (Å²) in [6.45, 7) is 6.02. The van der Waals surface area contributed by atoms with Crippen molar-refractivity contribution in [2.45, 2.75) is 97.2 Å². The van der Waals surface area contributed by atoms with Crippen molar-refractivity contribution in [1.82, 2.24) is 0 Å². The SMILES string of the molecule is CCCCCC(C)OC(=O)CCC(=O)OC(C)C1CCCC1. The molecule has 128 valence electrons. The quantitative estimate of drug-likeness (QED) is 0.443. The van der Waals surface area contributed by atoms with Crippen LogP contribution in [0.4, 0.5) is 0 Å². The Bertz CT molecular complexity index is 334. The summed E-state index contributed by atoms with van der Waals surface area (Å²) in [6, 6.07) is 0. The van der Waals surface area contributed by atoms with Gasteiger partial charge in [0.25, 0.3) is 0 Å². The fourth-order valence-electron chi connectivity index (χ4n) is 3.02. The maximum absolute atomic E-state index is 11.8. The number of ether oxygens (including phenoxy) is 2. The highest BCUT2D eigenvalue weighted by Crippen LogP contribution is 2.29. The summed E-state index contributed by atoms with van der Waals surface area (Å²) in [5.41, 5.74) is 0. The van der Waals surface area contributed by atoms with Gasteiger partial charge in [0.05, 0.1) is 18.9 Å². The Kier molecular flexibility index (Phi) is 9.17. The van der Waals surface area contributed by atoms with Crippen LogP contribution in [0.3, 0.4) is 0 Å². The molecular weight excluding hydrogens is 280 g/mol. The Balaban J connectivity index is 2.13. The maximum Gasteiger partial charge on any atom is 0.306 e. The first-order chi connectivity index (χ1) is 10.5. The zero-order valence-electron chi connectivity index (χ0n) is 14.4. The van der Waals surface area contributed by atoms with Crippen molar-refractivity contribution in [2.24, 2.45) is 5.92 Å². The summed E-state index contributed by atoms with van der Waals surface area (Å²) in [4.78, 5) is 23.5. The molecule has 0 N–H and O–H groups in total. The fraction of sp³-hybridized carbons (Fsp3) is 0.889. The highest BCUT2D eigenvalue weighted by atomic mass is 16.5. The average Bonchev–Trinajstić information content (AvgIpc) is 2.99. The summed E-state index contributed by atoms with van der Waals surface area (Å²) >= 11 is 0. The van der Waals surface area contributed by atoms with Crippen LogP contribution < -0.4 is 0 Å². The van der Waals surface area contributed by atoms with Crippen LogP contribution in [0.2, 0.25) is 0 Å². The van der Waals surface area contributed by atoms with Gasteiger partial charge in [-0.15, -0.1) is 0 Å². The number of carbonyl (C=O) groups is 2. The molecule has 1 aliphatic carbocycles. The lowest BCUT2D eigenvalue weighted by atomic mass is 10.0. The summed E-state index contributed by atoms with van der Waals surface area (Å²) in [5.74, 6) is -0.0843. The van der Waals surface area contributed by atoms with E-state index in [1.165, 1.54) is 12.8 Å². The Labute approximate surface area is 134 Å². The highest BCUT2D eigenvalue weighted by Gasteiger charge is 2.24. The molecule has 0 bridgehead atoms. The van der Waals surface area contributed by atoms with Crippen LogP contribution in [0.5, 0.6) is 0 Å². The van der Waals surface area contributed by atoms with E-state index in [1.54, 1.807) is 0 Å². The van der Waals surface area contributed by atoms with Gasteiger partial charge in [-0.3, -0.25) is 9.59 Å². The van der Waals surface area contributed by atoms with Crippen LogP contribution in [0.1, 0.15) is 85.0 Å². The van der Waals surface area contributed by atoms with Crippen LogP contribution in [0.15, 0.2) is 0 Å². The van der Waals surface area contributed by atoms with Crippen molar-refractivity contribution >= 4 is 11.9 Å². The van der Waals surface area contributed by atoms with Crippen LogP contribution in [-0.4, -0.2) is 24.1 Å². The second kappa shape index (κ2) is 10.6. The normalized spacial score (nSPS) is 18.0. The lowest BCUT2D eigenvalue weighted by Crippen LogP contribution is -2.23. The molecule has 0 radical (unpaired) electrons. The molecule has 2 atom stereocenters. The first-order valence-corrected chi connectivity index (χ1v) is 8.91. The van der Waals surface area contributed by atoms with Crippen LogP contribution in [0.25, 0.3) is 0 Å². The summed E-state index contributed by atoms with van der Waals surface area (Å²) < 4.78 is 10.7. The number of hydrogen-bond acceptors (Lipinski definition) is 4. The Morgan fingerprint density at radius 3 is 2.18 bits per heavy atom. The third kappa shape index (κ3) is 7.81. The lowest BCUT2D eigenvalue weighted by Gasteiger charge is -2.19. The summed E-state index contributed by atoms with van der Waals surface area (Å²) in [6.07, 6.45) is 9.19. The molecule has 0 heterocycles. The molecular formula is C18H32O4. The van der Waals surface area contributed by atoms with Gasteiger partial charge < -0.3 is 9.47 Å². The molecule has 0 aromatic rings. The third-order valence-electron chi connectivity index (χ3n) is 4.46. The number of unbranched alkanes of at least 4 members (excludes halogenated alkanes) is 2. The third-order valence-corrected chi connectivity index (χ3v) is 4.46. The summed E-state index contributed by atoms with van der Waals surface area (Å²) in [5, 5.41) is 0. The fourth-order valence-corrected chi connectivity index (χ4v) is 3.02. The van der Waals surface area contributed by atoms with Gasteiger partial charge in [0.15, 0.2) is 0 Å². The first kappa shape index (κ1) is 19.0. The molecule has 0 aromatic heterocycles. The molecule has 0 saturated heterocycles. The number of rotatable bonds is 10. The second-order valence-electron chi connectivity index (χ2n) is 6.54. The molecule has 1 fully saturated rings. The van der Waals surface area contributed by atoms with Crippen molar-refractivity contribution in [3.63, 3.8) is 0 Å². The zero-order valence-corrected chi connectivity index (χ0v) is 14.4. The first-order valence-electron chi connectivity index (χ1n) is 8.91. The predicted octanol–water partition coefficient (Wildman–Crippen LogP) is 4.40. The largest absolute Gasteiger partial charge is 0.463 e. The Morgan fingerprint density at radius 2 is 1.59 bits per heavy atom. The second-order valence-corrected chi connectivity index (χ2v) is 6.54. The molecule has 0 aromatic carbocycles. The number of hydrogen-bond donors (Lipinski definition) is 0. The van der Waals surface area contributed by atoms with Crippen molar-refractivity contribution in [2.75, 3.05) is 0 Å². The zero-order chi connectivity index (χ0) is 16.4. The smallest absolute Gasteiger partial charge is 0.306 e. The van der Waals surface area contributed by atoms with Crippen LogP contribution in [-0.2, 0) is 19.1 Å². The number of carbonyl (C=O) groups excluding carboxylic acids is 2.